The Kier molecular flexibility index (Phi) is 5.76. The minimum atomic E-state index is 0.963. The van der Waals surface area contributed by atoms with E-state index in [4.69, 9.17) is 4.98 Å². The van der Waals surface area contributed by atoms with Crippen molar-refractivity contribution in [1.82, 2.24) is 9.88 Å². The molecular formula is C25H26N2. The molecule has 1 saturated heterocycles. The molecule has 27 heavy (non-hydrogen) atoms. The van der Waals surface area contributed by atoms with Gasteiger partial charge in [-0.3, -0.25) is 9.88 Å². The van der Waals surface area contributed by atoms with Crippen molar-refractivity contribution in [2.24, 2.45) is 0 Å². The van der Waals surface area contributed by atoms with E-state index in [0.29, 0.717) is 0 Å². The standard InChI is InChI=1S/C25H26N2/c1-4-12-21(13-5-1)23(20-27-18-10-3-11-19-27)25(22-14-6-2-7-15-22)24-16-8-9-17-26-24/h1-2,4-9,12-17H,3,10-11,18-20H2/b25-23-. The second-order valence-corrected chi connectivity index (χ2v) is 7.14. The van der Waals surface area contributed by atoms with Gasteiger partial charge < -0.3 is 0 Å². The zero-order valence-corrected chi connectivity index (χ0v) is 15.7. The first-order valence-corrected chi connectivity index (χ1v) is 9.89. The lowest BCUT2D eigenvalue weighted by Crippen LogP contribution is -2.31. The summed E-state index contributed by atoms with van der Waals surface area (Å²) in [6.45, 7) is 3.33. The average molecular weight is 354 g/mol. The van der Waals surface area contributed by atoms with Gasteiger partial charge in [-0.05, 0) is 54.8 Å². The number of hydrogen-bond donors (Lipinski definition) is 0. The van der Waals surface area contributed by atoms with Crippen LogP contribution in [0.2, 0.25) is 0 Å². The molecule has 0 amide bonds. The first-order valence-electron chi connectivity index (χ1n) is 9.89. The van der Waals surface area contributed by atoms with Crippen LogP contribution < -0.4 is 0 Å². The number of aromatic nitrogens is 1. The summed E-state index contributed by atoms with van der Waals surface area (Å²) >= 11 is 0. The van der Waals surface area contributed by atoms with Gasteiger partial charge in [-0.25, -0.2) is 0 Å². The van der Waals surface area contributed by atoms with E-state index in [2.05, 4.69) is 77.7 Å². The maximum atomic E-state index is 4.72. The molecule has 0 unspecified atom stereocenters. The van der Waals surface area contributed by atoms with Crippen molar-refractivity contribution in [2.75, 3.05) is 19.6 Å². The zero-order chi connectivity index (χ0) is 18.3. The van der Waals surface area contributed by atoms with Crippen LogP contribution in [-0.4, -0.2) is 29.5 Å². The molecule has 0 saturated carbocycles. The molecular weight excluding hydrogens is 328 g/mol. The molecule has 0 bridgehead atoms. The number of rotatable bonds is 5. The van der Waals surface area contributed by atoms with E-state index in [0.717, 1.165) is 12.2 Å². The van der Waals surface area contributed by atoms with Crippen LogP contribution in [0.4, 0.5) is 0 Å². The average Bonchev–Trinajstić information content (AvgIpc) is 2.76. The van der Waals surface area contributed by atoms with Gasteiger partial charge in [0.2, 0.25) is 0 Å². The summed E-state index contributed by atoms with van der Waals surface area (Å²) in [4.78, 5) is 7.31. The number of nitrogens with zero attached hydrogens (tertiary/aromatic N) is 2. The number of benzene rings is 2. The molecule has 1 aliphatic rings. The molecule has 2 heteroatoms. The molecule has 1 fully saturated rings. The summed E-state index contributed by atoms with van der Waals surface area (Å²) in [6, 6.07) is 27.7. The summed E-state index contributed by atoms with van der Waals surface area (Å²) in [5.41, 5.74) is 6.16. The molecule has 0 radical (unpaired) electrons. The van der Waals surface area contributed by atoms with Crippen LogP contribution in [0, 0.1) is 0 Å². The monoisotopic (exact) mass is 354 g/mol. The highest BCUT2D eigenvalue weighted by atomic mass is 15.1. The summed E-state index contributed by atoms with van der Waals surface area (Å²) in [5, 5.41) is 0. The number of pyridine rings is 1. The topological polar surface area (TPSA) is 16.1 Å². The smallest absolute Gasteiger partial charge is 0.0711 e. The van der Waals surface area contributed by atoms with Crippen molar-refractivity contribution >= 4 is 11.1 Å². The molecule has 4 rings (SSSR count). The Morgan fingerprint density at radius 2 is 1.33 bits per heavy atom. The molecule has 1 aliphatic heterocycles. The van der Waals surface area contributed by atoms with Crippen LogP contribution in [-0.2, 0) is 0 Å². The third-order valence-corrected chi connectivity index (χ3v) is 5.24. The fourth-order valence-corrected chi connectivity index (χ4v) is 3.89. The van der Waals surface area contributed by atoms with Crippen LogP contribution in [0.5, 0.6) is 0 Å². The summed E-state index contributed by atoms with van der Waals surface area (Å²) in [7, 11) is 0. The quantitative estimate of drug-likeness (QED) is 0.560. The highest BCUT2D eigenvalue weighted by molar-refractivity contribution is 5.98. The van der Waals surface area contributed by atoms with Crippen LogP contribution in [0.1, 0.15) is 36.1 Å². The fourth-order valence-electron chi connectivity index (χ4n) is 3.89. The molecule has 0 N–H and O–H groups in total. The third kappa shape index (κ3) is 4.35. The summed E-state index contributed by atoms with van der Waals surface area (Å²) < 4.78 is 0. The lowest BCUT2D eigenvalue weighted by molar-refractivity contribution is 0.255. The van der Waals surface area contributed by atoms with Gasteiger partial charge >= 0.3 is 0 Å². The van der Waals surface area contributed by atoms with Crippen molar-refractivity contribution in [3.63, 3.8) is 0 Å². The Balaban J connectivity index is 1.88. The Morgan fingerprint density at radius 3 is 1.96 bits per heavy atom. The zero-order valence-electron chi connectivity index (χ0n) is 15.7. The van der Waals surface area contributed by atoms with Crippen LogP contribution in [0.3, 0.4) is 0 Å². The van der Waals surface area contributed by atoms with Crippen molar-refractivity contribution in [2.45, 2.75) is 19.3 Å². The van der Waals surface area contributed by atoms with E-state index in [9.17, 15) is 0 Å². The fraction of sp³-hybridized carbons (Fsp3) is 0.240. The van der Waals surface area contributed by atoms with Gasteiger partial charge in [-0.1, -0.05) is 73.2 Å². The maximum absolute atomic E-state index is 4.72. The Hall–Kier alpha value is -2.71. The first-order chi connectivity index (χ1) is 13.4. The lowest BCUT2D eigenvalue weighted by Gasteiger charge is -2.29. The predicted molar refractivity (Wildman–Crippen MR) is 113 cm³/mol. The van der Waals surface area contributed by atoms with Crippen LogP contribution in [0.25, 0.3) is 11.1 Å². The molecule has 2 heterocycles. The highest BCUT2D eigenvalue weighted by Gasteiger charge is 2.19. The molecule has 2 aromatic carbocycles. The Morgan fingerprint density at radius 1 is 0.704 bits per heavy atom. The molecule has 2 nitrogen and oxygen atoms in total. The van der Waals surface area contributed by atoms with Crippen LogP contribution >= 0.6 is 0 Å². The largest absolute Gasteiger partial charge is 0.299 e. The molecule has 0 spiro atoms. The molecule has 3 aromatic rings. The van der Waals surface area contributed by atoms with Gasteiger partial charge in [0, 0.05) is 18.3 Å². The van der Waals surface area contributed by atoms with Gasteiger partial charge in [0.25, 0.3) is 0 Å². The summed E-state index contributed by atoms with van der Waals surface area (Å²) in [6.07, 6.45) is 5.84. The lowest BCUT2D eigenvalue weighted by atomic mass is 9.91. The van der Waals surface area contributed by atoms with Gasteiger partial charge in [0.15, 0.2) is 0 Å². The van der Waals surface area contributed by atoms with Crippen molar-refractivity contribution < 1.29 is 0 Å². The molecule has 1 aromatic heterocycles. The van der Waals surface area contributed by atoms with E-state index < -0.39 is 0 Å². The number of likely N-dealkylation sites (tertiary alicyclic amines) is 1. The van der Waals surface area contributed by atoms with E-state index >= 15 is 0 Å². The van der Waals surface area contributed by atoms with E-state index in [1.807, 2.05) is 12.3 Å². The van der Waals surface area contributed by atoms with Crippen molar-refractivity contribution in [3.05, 3.63) is 102 Å². The van der Waals surface area contributed by atoms with E-state index in [1.54, 1.807) is 0 Å². The van der Waals surface area contributed by atoms with E-state index in [-0.39, 0.29) is 0 Å². The molecule has 136 valence electrons. The normalized spacial score (nSPS) is 16.0. The number of piperidine rings is 1. The minimum Gasteiger partial charge on any atom is -0.299 e. The second-order valence-electron chi connectivity index (χ2n) is 7.14. The maximum Gasteiger partial charge on any atom is 0.0711 e. The van der Waals surface area contributed by atoms with Gasteiger partial charge in [-0.15, -0.1) is 0 Å². The number of hydrogen-bond acceptors (Lipinski definition) is 2. The van der Waals surface area contributed by atoms with Gasteiger partial charge in [0.05, 0.1) is 5.69 Å². The van der Waals surface area contributed by atoms with Crippen molar-refractivity contribution in [3.8, 4) is 0 Å². The first kappa shape index (κ1) is 17.7. The SMILES string of the molecule is c1ccc(/C(CN2CCCCC2)=C(/c2ccccc2)c2ccccn2)cc1. The van der Waals surface area contributed by atoms with E-state index in [1.165, 1.54) is 54.6 Å². The molecule has 0 atom stereocenters. The Bertz CT molecular complexity index is 822. The summed E-state index contributed by atoms with van der Waals surface area (Å²) in [5.74, 6) is 0. The highest BCUT2D eigenvalue weighted by Crippen LogP contribution is 2.32. The third-order valence-electron chi connectivity index (χ3n) is 5.24. The second kappa shape index (κ2) is 8.79. The van der Waals surface area contributed by atoms with Gasteiger partial charge in [-0.2, -0.15) is 0 Å². The molecule has 0 aliphatic carbocycles. The van der Waals surface area contributed by atoms with Gasteiger partial charge in [0.1, 0.15) is 0 Å². The Labute approximate surface area is 162 Å². The van der Waals surface area contributed by atoms with Crippen LogP contribution in [0.15, 0.2) is 85.1 Å². The minimum absolute atomic E-state index is 0.963. The van der Waals surface area contributed by atoms with Crippen molar-refractivity contribution in [1.29, 1.82) is 0 Å². The predicted octanol–water partition coefficient (Wildman–Crippen LogP) is 5.53.